The highest BCUT2D eigenvalue weighted by Gasteiger charge is 2.53. The zero-order valence-electron chi connectivity index (χ0n) is 58.7. The molecule has 17 atom stereocenters. The van der Waals surface area contributed by atoms with Gasteiger partial charge in [0.25, 0.3) is 0 Å². The van der Waals surface area contributed by atoms with Gasteiger partial charge in [-0.2, -0.15) is 0 Å². The molecule has 0 saturated carbocycles. The van der Waals surface area contributed by atoms with Crippen molar-refractivity contribution in [3.8, 4) is 0 Å². The third kappa shape index (κ3) is 37.4. The summed E-state index contributed by atoms with van der Waals surface area (Å²) < 4.78 is 34.5. The predicted molar refractivity (Wildman–Crippen MR) is 369 cm³/mol. The van der Waals surface area contributed by atoms with Gasteiger partial charge in [0.1, 0.15) is 73.2 Å². The molecule has 17 unspecified atom stereocenters. The maximum Gasteiger partial charge on any atom is 0.220 e. The van der Waals surface area contributed by atoms with Crippen molar-refractivity contribution in [2.45, 2.75) is 407 Å². The Morgan fingerprint density at radius 2 is 0.702 bits per heavy atom. The topological polar surface area (TPSA) is 307 Å². The largest absolute Gasteiger partial charge is 0.394 e. The normalized spacial score (nSPS) is 27.5. The first kappa shape index (κ1) is 86.2. The number of unbranched alkanes of at least 4 members (excludes halogenated alkanes) is 38. The number of nitrogens with one attached hydrogen (secondary N) is 1. The minimum absolute atomic E-state index is 0.241. The van der Waals surface area contributed by atoms with Crippen molar-refractivity contribution in [3.63, 3.8) is 0 Å². The van der Waals surface area contributed by atoms with Crippen LogP contribution in [0.2, 0.25) is 0 Å². The first-order valence-corrected chi connectivity index (χ1v) is 38.2. The molecule has 0 bridgehead atoms. The van der Waals surface area contributed by atoms with Crippen LogP contribution in [0.15, 0.2) is 36.5 Å². The summed E-state index contributed by atoms with van der Waals surface area (Å²) in [6.07, 6.45) is 40.7. The summed E-state index contributed by atoms with van der Waals surface area (Å²) in [5.74, 6) is -0.241. The van der Waals surface area contributed by atoms with Gasteiger partial charge >= 0.3 is 0 Å². The molecular formula is C75H139NO18. The van der Waals surface area contributed by atoms with E-state index < -0.39 is 124 Å². The Bertz CT molecular complexity index is 1840. The first-order valence-electron chi connectivity index (χ1n) is 38.2. The fraction of sp³-hybridized carbons (Fsp3) is 0.907. The number of carbonyl (C=O) groups is 1. The lowest BCUT2D eigenvalue weighted by atomic mass is 9.96. The van der Waals surface area contributed by atoms with Crippen LogP contribution >= 0.6 is 0 Å². The minimum Gasteiger partial charge on any atom is -0.394 e. The van der Waals surface area contributed by atoms with Gasteiger partial charge in [-0.25, -0.2) is 0 Å². The molecule has 3 aliphatic heterocycles. The lowest BCUT2D eigenvalue weighted by Crippen LogP contribution is -2.66. The Hall–Kier alpha value is -1.99. The van der Waals surface area contributed by atoms with E-state index in [4.69, 9.17) is 28.4 Å². The Labute approximate surface area is 568 Å². The van der Waals surface area contributed by atoms with E-state index in [0.29, 0.717) is 12.8 Å². The van der Waals surface area contributed by atoms with Crippen molar-refractivity contribution in [3.05, 3.63) is 36.5 Å². The summed E-state index contributed by atoms with van der Waals surface area (Å²) in [7, 11) is 0. The third-order valence-corrected chi connectivity index (χ3v) is 19.2. The highest BCUT2D eigenvalue weighted by molar-refractivity contribution is 5.76. The van der Waals surface area contributed by atoms with Crippen molar-refractivity contribution in [1.29, 1.82) is 0 Å². The summed E-state index contributed by atoms with van der Waals surface area (Å²) in [6, 6.07) is -0.889. The van der Waals surface area contributed by atoms with Crippen LogP contribution < -0.4 is 5.32 Å². The van der Waals surface area contributed by atoms with E-state index in [1.165, 1.54) is 205 Å². The first-order chi connectivity index (χ1) is 45.8. The predicted octanol–water partition coefficient (Wildman–Crippen LogP) is 11.6. The lowest BCUT2D eigenvalue weighted by Gasteiger charge is -2.48. The Balaban J connectivity index is 1.39. The fourth-order valence-electron chi connectivity index (χ4n) is 13.0. The highest BCUT2D eigenvalue weighted by Crippen LogP contribution is 2.33. The van der Waals surface area contributed by atoms with Gasteiger partial charge in [-0.15, -0.1) is 0 Å². The van der Waals surface area contributed by atoms with Gasteiger partial charge in [-0.1, -0.05) is 281 Å². The second kappa shape index (κ2) is 56.7. The van der Waals surface area contributed by atoms with Gasteiger partial charge in [-0.3, -0.25) is 4.79 Å². The van der Waals surface area contributed by atoms with Gasteiger partial charge < -0.3 is 89.9 Å². The average molecular weight is 1340 g/mol. The van der Waals surface area contributed by atoms with Crippen LogP contribution in [-0.2, 0) is 33.2 Å². The van der Waals surface area contributed by atoms with Crippen molar-refractivity contribution < 1.29 is 89.4 Å². The number of amides is 1. The minimum atomic E-state index is -1.97. The number of aliphatic hydroxyl groups is 11. The van der Waals surface area contributed by atoms with Crippen molar-refractivity contribution in [2.24, 2.45) is 0 Å². The molecule has 0 aromatic heterocycles. The van der Waals surface area contributed by atoms with Crippen LogP contribution in [0.3, 0.4) is 0 Å². The molecule has 3 saturated heterocycles. The van der Waals surface area contributed by atoms with Crippen molar-refractivity contribution in [1.82, 2.24) is 5.32 Å². The molecule has 12 N–H and O–H groups in total. The molecule has 0 aliphatic carbocycles. The van der Waals surface area contributed by atoms with E-state index in [9.17, 15) is 61.0 Å². The average Bonchev–Trinajstić information content (AvgIpc) is 0.787. The molecular weight excluding hydrogens is 1200 g/mol. The number of ether oxygens (including phenoxy) is 6. The number of carbonyl (C=O) groups excluding carboxylic acids is 1. The SMILES string of the molecule is CCCCCCC/C=C\C/C=C\C/C=C\CCCCCCCCCCCCCCC(=O)NC(COC1OC(CO)C(OC2OC(CO)C(OC3OC(CO)C(O)C(O)C3O)C(O)C2O)C(O)C1O)C(O)CCCCCCCCCCCCCCCCCCCCCCCC. The molecule has 3 rings (SSSR count). The Morgan fingerprint density at radius 3 is 1.10 bits per heavy atom. The molecule has 0 radical (unpaired) electrons. The van der Waals surface area contributed by atoms with E-state index >= 15 is 0 Å². The van der Waals surface area contributed by atoms with E-state index in [1.54, 1.807) is 0 Å². The van der Waals surface area contributed by atoms with E-state index in [-0.39, 0.29) is 18.9 Å². The number of hydrogen-bond donors (Lipinski definition) is 12. The number of hydrogen-bond acceptors (Lipinski definition) is 18. The molecule has 3 aliphatic rings. The summed E-state index contributed by atoms with van der Waals surface area (Å²) in [6.45, 7) is 1.83. The Kier molecular flexibility index (Phi) is 52.0. The molecule has 552 valence electrons. The number of rotatable bonds is 60. The number of allylic oxidation sites excluding steroid dienone is 6. The molecule has 0 spiro atoms. The second-order valence-corrected chi connectivity index (χ2v) is 27.5. The fourth-order valence-corrected chi connectivity index (χ4v) is 13.0. The highest BCUT2D eigenvalue weighted by atomic mass is 16.8. The molecule has 3 fully saturated rings. The molecule has 19 nitrogen and oxygen atoms in total. The molecule has 3 heterocycles. The Morgan fingerprint density at radius 1 is 0.383 bits per heavy atom. The van der Waals surface area contributed by atoms with Gasteiger partial charge in [0.2, 0.25) is 5.91 Å². The van der Waals surface area contributed by atoms with Crippen LogP contribution in [0.1, 0.15) is 303 Å². The van der Waals surface area contributed by atoms with Crippen molar-refractivity contribution in [2.75, 3.05) is 26.4 Å². The molecule has 1 amide bonds. The standard InChI is InChI=1S/C75H139NO18/c1-3-5-7-9-11-13-15-17-19-21-23-25-27-28-29-30-31-33-35-37-39-41-43-45-47-49-51-53-63(81)76-58(59(80)52-50-48-46-44-42-40-38-36-34-32-26-24-22-20-18-16-14-12-10-8-6-4-2)57-89-73-69(87)66(84)71(61(55-78)91-73)94-75-70(88)67(85)72(62(56-79)92-75)93-74-68(86)65(83)64(82)60(54-77)90-74/h15,17,21,23,27-28,58-62,64-75,77-80,82-88H,3-14,16,18-20,22,24-26,29-57H2,1-2H3,(H,76,81)/b17-15-,23-21-,28-27-. The van der Waals surface area contributed by atoms with Crippen molar-refractivity contribution >= 4 is 5.91 Å². The van der Waals surface area contributed by atoms with Crippen LogP contribution in [0.4, 0.5) is 0 Å². The van der Waals surface area contributed by atoms with Crippen LogP contribution in [0.5, 0.6) is 0 Å². The number of aliphatic hydroxyl groups excluding tert-OH is 11. The van der Waals surface area contributed by atoms with Gasteiger partial charge in [0, 0.05) is 6.42 Å². The van der Waals surface area contributed by atoms with Crippen LogP contribution in [0.25, 0.3) is 0 Å². The summed E-state index contributed by atoms with van der Waals surface area (Å²) in [4.78, 5) is 13.5. The van der Waals surface area contributed by atoms with E-state index in [2.05, 4.69) is 55.6 Å². The van der Waals surface area contributed by atoms with E-state index in [0.717, 1.165) is 64.2 Å². The molecule has 0 aromatic carbocycles. The molecule has 0 aromatic rings. The third-order valence-electron chi connectivity index (χ3n) is 19.2. The zero-order valence-corrected chi connectivity index (χ0v) is 58.7. The van der Waals surface area contributed by atoms with Crippen LogP contribution in [0, 0.1) is 0 Å². The summed E-state index contributed by atoms with van der Waals surface area (Å²) in [5.41, 5.74) is 0. The zero-order chi connectivity index (χ0) is 68.2. The van der Waals surface area contributed by atoms with Gasteiger partial charge in [0.05, 0.1) is 38.6 Å². The maximum absolute atomic E-state index is 13.5. The summed E-state index contributed by atoms with van der Waals surface area (Å²) >= 11 is 0. The van der Waals surface area contributed by atoms with Crippen LogP contribution in [-0.4, -0.2) is 193 Å². The molecule has 94 heavy (non-hydrogen) atoms. The van der Waals surface area contributed by atoms with E-state index in [1.807, 2.05) is 0 Å². The quantitative estimate of drug-likeness (QED) is 0.0199. The second-order valence-electron chi connectivity index (χ2n) is 27.5. The maximum atomic E-state index is 13.5. The lowest BCUT2D eigenvalue weighted by molar-refractivity contribution is -0.379. The smallest absolute Gasteiger partial charge is 0.220 e. The van der Waals surface area contributed by atoms with Gasteiger partial charge in [-0.05, 0) is 51.4 Å². The van der Waals surface area contributed by atoms with Gasteiger partial charge in [0.15, 0.2) is 18.9 Å². The monoisotopic (exact) mass is 1340 g/mol. The summed E-state index contributed by atoms with van der Waals surface area (Å²) in [5, 5.41) is 121. The molecule has 19 heteroatoms.